The molecule has 69 heavy (non-hydrogen) atoms. The van der Waals surface area contributed by atoms with Crippen LogP contribution in [0.15, 0.2) is 84.5 Å². The Hall–Kier alpha value is -6.78. The molecule has 2 atom stereocenters. The van der Waals surface area contributed by atoms with Crippen molar-refractivity contribution in [2.24, 2.45) is 5.41 Å². The molecule has 0 bridgehead atoms. The standard InChI is InChI=1S/C50H50F4N8O5S2/c1-29-42(69-28-58-29)32-13-11-30(12-14-32)26-57-44(64)38-9-7-23-60(38)45(65)43(48(2,3)4)59-39(63)10-8-24-67-35-19-15-31(16-20-35)36-21-18-34(27-56-36)62-47(68)61(46(66)49(62,5)6)37-22-17-33(25-55)40(41(37)51)50(52,53)54/h11-22,27-28,38,43H,7-10,23-24,26H2,1-6H3,(H,57,64)(H,59,63). The number of halogens is 4. The highest BCUT2D eigenvalue weighted by molar-refractivity contribution is 7.81. The van der Waals surface area contributed by atoms with Gasteiger partial charge in [0.2, 0.25) is 17.7 Å². The van der Waals surface area contributed by atoms with Gasteiger partial charge in [-0.3, -0.25) is 29.1 Å². The molecule has 5 aromatic rings. The number of thiocarbonyl (C=S) groups is 1. The Labute approximate surface area is 406 Å². The van der Waals surface area contributed by atoms with Crippen LogP contribution < -0.4 is 25.2 Å². The molecule has 0 saturated carbocycles. The van der Waals surface area contributed by atoms with Crippen molar-refractivity contribution in [3.05, 3.63) is 113 Å². The first kappa shape index (κ1) is 50.1. The largest absolute Gasteiger partial charge is 0.494 e. The summed E-state index contributed by atoms with van der Waals surface area (Å²) in [5.74, 6) is -2.88. The number of rotatable bonds is 14. The van der Waals surface area contributed by atoms with E-state index in [-0.39, 0.29) is 35.9 Å². The maximum atomic E-state index is 15.4. The summed E-state index contributed by atoms with van der Waals surface area (Å²) in [6.45, 7) is 11.5. The number of anilines is 2. The Balaban J connectivity index is 0.901. The zero-order chi connectivity index (χ0) is 50.0. The zero-order valence-electron chi connectivity index (χ0n) is 38.7. The Kier molecular flexibility index (Phi) is 14.6. The summed E-state index contributed by atoms with van der Waals surface area (Å²) in [5, 5.41) is 14.8. The first-order chi connectivity index (χ1) is 32.6. The summed E-state index contributed by atoms with van der Waals surface area (Å²) in [6, 6.07) is 19.8. The van der Waals surface area contributed by atoms with E-state index < -0.39 is 57.8 Å². The minimum atomic E-state index is -5.20. The summed E-state index contributed by atoms with van der Waals surface area (Å²) >= 11 is 7.12. The van der Waals surface area contributed by atoms with Crippen molar-refractivity contribution in [2.75, 3.05) is 23.0 Å². The number of hydrogen-bond donors (Lipinski definition) is 2. The Morgan fingerprint density at radius 2 is 1.70 bits per heavy atom. The fourth-order valence-electron chi connectivity index (χ4n) is 8.39. The third kappa shape index (κ3) is 10.6. The van der Waals surface area contributed by atoms with Crippen molar-refractivity contribution in [3.8, 4) is 33.5 Å². The molecule has 0 aliphatic carbocycles. The number of pyridine rings is 1. The number of amides is 4. The average molecular weight is 983 g/mol. The van der Waals surface area contributed by atoms with E-state index in [1.54, 1.807) is 52.6 Å². The quantitative estimate of drug-likeness (QED) is 0.0624. The number of aryl methyl sites for hydroxylation is 1. The molecule has 2 aliphatic heterocycles. The lowest BCUT2D eigenvalue weighted by molar-refractivity contribution is -0.144. The molecule has 3 aromatic carbocycles. The second-order valence-corrected chi connectivity index (χ2v) is 19.6. The van der Waals surface area contributed by atoms with Gasteiger partial charge in [-0.25, -0.2) is 9.37 Å². The van der Waals surface area contributed by atoms with Crippen LogP contribution in [-0.2, 0) is 31.9 Å². The van der Waals surface area contributed by atoms with E-state index in [1.165, 1.54) is 31.0 Å². The number of benzene rings is 3. The molecule has 2 unspecified atom stereocenters. The monoisotopic (exact) mass is 982 g/mol. The highest BCUT2D eigenvalue weighted by Gasteiger charge is 2.52. The van der Waals surface area contributed by atoms with E-state index in [1.807, 2.05) is 57.5 Å². The predicted octanol–water partition coefficient (Wildman–Crippen LogP) is 9.12. The second kappa shape index (κ2) is 20.1. The number of ether oxygens (including phenoxy) is 1. The van der Waals surface area contributed by atoms with Gasteiger partial charge in [-0.15, -0.1) is 11.3 Å². The third-order valence-corrected chi connectivity index (χ3v) is 13.4. The minimum absolute atomic E-state index is 0.0944. The summed E-state index contributed by atoms with van der Waals surface area (Å²) in [7, 11) is 0. The number of aromatic nitrogens is 2. The van der Waals surface area contributed by atoms with Crippen LogP contribution in [0.2, 0.25) is 0 Å². The van der Waals surface area contributed by atoms with Gasteiger partial charge in [0.1, 0.15) is 28.9 Å². The van der Waals surface area contributed by atoms with Crippen molar-refractivity contribution < 1.29 is 41.5 Å². The zero-order valence-corrected chi connectivity index (χ0v) is 40.4. The summed E-state index contributed by atoms with van der Waals surface area (Å²) in [4.78, 5) is 67.9. The lowest BCUT2D eigenvalue weighted by atomic mass is 9.85. The van der Waals surface area contributed by atoms with Crippen LogP contribution in [0.1, 0.15) is 82.7 Å². The molecule has 19 heteroatoms. The van der Waals surface area contributed by atoms with Gasteiger partial charge < -0.3 is 25.2 Å². The molecule has 7 rings (SSSR count). The van der Waals surface area contributed by atoms with E-state index in [0.29, 0.717) is 59.9 Å². The minimum Gasteiger partial charge on any atom is -0.494 e. The van der Waals surface area contributed by atoms with E-state index in [2.05, 4.69) is 20.6 Å². The van der Waals surface area contributed by atoms with Gasteiger partial charge in [0.25, 0.3) is 5.91 Å². The Bertz CT molecular complexity index is 2800. The number of nitriles is 1. The molecular formula is C50H50F4N8O5S2. The van der Waals surface area contributed by atoms with Gasteiger partial charge in [0.05, 0.1) is 57.6 Å². The van der Waals surface area contributed by atoms with E-state index in [9.17, 15) is 37.6 Å². The van der Waals surface area contributed by atoms with Crippen LogP contribution in [0.4, 0.5) is 28.9 Å². The number of likely N-dealkylation sites (tertiary alicyclic amines) is 1. The fraction of sp³-hybridized carbons (Fsp3) is 0.360. The van der Waals surface area contributed by atoms with Crippen LogP contribution >= 0.6 is 23.6 Å². The summed E-state index contributed by atoms with van der Waals surface area (Å²) in [6.07, 6.45) is -2.11. The normalized spacial score (nSPS) is 16.4. The molecule has 2 aliphatic rings. The van der Waals surface area contributed by atoms with Crippen molar-refractivity contribution in [3.63, 3.8) is 0 Å². The highest BCUT2D eigenvalue weighted by Crippen LogP contribution is 2.42. The summed E-state index contributed by atoms with van der Waals surface area (Å²) < 4.78 is 62.7. The van der Waals surface area contributed by atoms with Crippen molar-refractivity contribution in [1.82, 2.24) is 25.5 Å². The van der Waals surface area contributed by atoms with Crippen molar-refractivity contribution >= 4 is 63.7 Å². The number of nitrogens with zero attached hydrogens (tertiary/aromatic N) is 6. The molecule has 360 valence electrons. The number of carbonyl (C=O) groups excluding carboxylic acids is 4. The molecule has 2 saturated heterocycles. The molecular weight excluding hydrogens is 933 g/mol. The topological polar surface area (TPSA) is 161 Å². The van der Waals surface area contributed by atoms with E-state index in [4.69, 9.17) is 17.0 Å². The van der Waals surface area contributed by atoms with E-state index in [0.717, 1.165) is 33.8 Å². The van der Waals surface area contributed by atoms with Crippen LogP contribution in [0.5, 0.6) is 5.75 Å². The van der Waals surface area contributed by atoms with Gasteiger partial charge in [0.15, 0.2) is 10.9 Å². The highest BCUT2D eigenvalue weighted by atomic mass is 32.1. The maximum absolute atomic E-state index is 15.4. The number of alkyl halides is 3. The second-order valence-electron chi connectivity index (χ2n) is 18.4. The average Bonchev–Trinajstić information content (AvgIpc) is 4.02. The van der Waals surface area contributed by atoms with Crippen LogP contribution in [0.25, 0.3) is 21.7 Å². The van der Waals surface area contributed by atoms with Gasteiger partial charge >= 0.3 is 6.18 Å². The van der Waals surface area contributed by atoms with Crippen LogP contribution in [0.3, 0.4) is 0 Å². The maximum Gasteiger partial charge on any atom is 0.420 e. The van der Waals surface area contributed by atoms with Crippen molar-refractivity contribution in [2.45, 2.75) is 97.6 Å². The predicted molar refractivity (Wildman–Crippen MR) is 257 cm³/mol. The van der Waals surface area contributed by atoms with Crippen LogP contribution in [-0.4, -0.2) is 74.4 Å². The number of carbonyl (C=O) groups is 4. The first-order valence-corrected chi connectivity index (χ1v) is 23.5. The molecule has 2 aromatic heterocycles. The van der Waals surface area contributed by atoms with Gasteiger partial charge in [-0.1, -0.05) is 45.0 Å². The third-order valence-electron chi connectivity index (χ3n) is 12.1. The van der Waals surface area contributed by atoms with Gasteiger partial charge in [-0.2, -0.15) is 18.4 Å². The molecule has 4 amide bonds. The molecule has 2 N–H and O–H groups in total. The van der Waals surface area contributed by atoms with Gasteiger partial charge in [0, 0.05) is 25.1 Å². The fourth-order valence-corrected chi connectivity index (χ4v) is 9.72. The molecule has 0 radical (unpaired) electrons. The molecule has 2 fully saturated rings. The van der Waals surface area contributed by atoms with Crippen molar-refractivity contribution in [1.29, 1.82) is 5.26 Å². The number of thiazole rings is 1. The van der Waals surface area contributed by atoms with E-state index >= 15 is 4.39 Å². The number of hydrogen-bond acceptors (Lipinski definition) is 10. The SMILES string of the molecule is Cc1ncsc1-c1ccc(CNC(=O)C2CCCN2C(=O)C(NC(=O)CCCOc2ccc(-c3ccc(N4C(=S)N(c5ccc(C#N)c(C(F)(F)F)c5F)C(=O)C4(C)C)cn3)cc2)C(C)(C)C)cc1. The molecule has 0 spiro atoms. The van der Waals surface area contributed by atoms with Gasteiger partial charge in [-0.05, 0) is 117 Å². The molecule has 4 heterocycles. The Morgan fingerprint density at radius 3 is 2.30 bits per heavy atom. The Morgan fingerprint density at radius 1 is 1.00 bits per heavy atom. The lowest BCUT2D eigenvalue weighted by Gasteiger charge is -2.35. The summed E-state index contributed by atoms with van der Waals surface area (Å²) in [5.41, 5.74) is 0.824. The van der Waals surface area contributed by atoms with Crippen LogP contribution in [0, 0.1) is 29.5 Å². The first-order valence-electron chi connectivity index (χ1n) is 22.2. The smallest absolute Gasteiger partial charge is 0.420 e. The number of nitrogens with one attached hydrogen (secondary N) is 2. The lowest BCUT2D eigenvalue weighted by Crippen LogP contribution is -2.57. The molecule has 13 nitrogen and oxygen atoms in total.